The molecule has 2 aliphatic heterocycles. The van der Waals surface area contributed by atoms with Crippen LogP contribution in [0.2, 0.25) is 0 Å². The van der Waals surface area contributed by atoms with Crippen LogP contribution in [0.4, 0.5) is 8.78 Å². The molecule has 2 aliphatic rings. The van der Waals surface area contributed by atoms with Crippen LogP contribution in [0.1, 0.15) is 47.0 Å². The first-order valence-electron chi connectivity index (χ1n) is 13.6. The lowest BCUT2D eigenvalue weighted by molar-refractivity contribution is -0.165. The number of benzene rings is 3. The largest absolute Gasteiger partial charge is 0.391 e. The Balaban J connectivity index is 1.28. The lowest BCUT2D eigenvalue weighted by atomic mass is 9.69. The van der Waals surface area contributed by atoms with E-state index in [-0.39, 0.29) is 37.0 Å². The van der Waals surface area contributed by atoms with Gasteiger partial charge in [-0.1, -0.05) is 47.6 Å². The van der Waals surface area contributed by atoms with E-state index in [0.717, 1.165) is 5.56 Å². The third-order valence-corrected chi connectivity index (χ3v) is 8.12. The zero-order valence-electron chi connectivity index (χ0n) is 22.2. The summed E-state index contributed by atoms with van der Waals surface area (Å²) in [5.41, 5.74) is 1.40. The first-order valence-corrected chi connectivity index (χ1v) is 13.6. The second-order valence-electron chi connectivity index (χ2n) is 10.9. The van der Waals surface area contributed by atoms with Gasteiger partial charge in [-0.15, -0.1) is 0 Å². The first kappa shape index (κ1) is 26.8. The molecular weight excluding hydrogens is 528 g/mol. The SMILES string of the molecule is O=C(c1cc(-c2ccc(F)cc2)no1)N1CCC[C@]2(C[C@@H](O)[C@H](c3ccccc3)N(Cc3cccc(F)c3)C2=O)C1. The van der Waals surface area contributed by atoms with E-state index in [1.807, 2.05) is 30.3 Å². The molecule has 3 heterocycles. The van der Waals surface area contributed by atoms with Crippen molar-refractivity contribution in [2.75, 3.05) is 13.1 Å². The number of aromatic nitrogens is 1. The fourth-order valence-electron chi connectivity index (χ4n) is 6.23. The Kier molecular flexibility index (Phi) is 7.13. The van der Waals surface area contributed by atoms with Crippen molar-refractivity contribution in [1.82, 2.24) is 15.0 Å². The fourth-order valence-corrected chi connectivity index (χ4v) is 6.23. The number of aliphatic hydroxyl groups is 1. The van der Waals surface area contributed by atoms with Crippen LogP contribution in [0.5, 0.6) is 0 Å². The van der Waals surface area contributed by atoms with E-state index in [2.05, 4.69) is 5.16 Å². The number of likely N-dealkylation sites (tertiary alicyclic amines) is 2. The summed E-state index contributed by atoms with van der Waals surface area (Å²) in [6.07, 6.45) is 0.360. The molecule has 9 heteroatoms. The van der Waals surface area contributed by atoms with Crippen LogP contribution in [0.15, 0.2) is 89.5 Å². The summed E-state index contributed by atoms with van der Waals surface area (Å²) in [5, 5.41) is 15.5. The third-order valence-electron chi connectivity index (χ3n) is 8.12. The van der Waals surface area contributed by atoms with Crippen LogP contribution in [0.3, 0.4) is 0 Å². The highest BCUT2D eigenvalue weighted by atomic mass is 19.1. The molecule has 1 N–H and O–H groups in total. The van der Waals surface area contributed by atoms with E-state index >= 15 is 0 Å². The number of piperidine rings is 2. The van der Waals surface area contributed by atoms with E-state index in [4.69, 9.17) is 4.52 Å². The molecule has 7 nitrogen and oxygen atoms in total. The second-order valence-corrected chi connectivity index (χ2v) is 10.9. The lowest BCUT2D eigenvalue weighted by Crippen LogP contribution is -2.61. The minimum absolute atomic E-state index is 0.0176. The van der Waals surface area contributed by atoms with Crippen LogP contribution in [-0.2, 0) is 11.3 Å². The summed E-state index contributed by atoms with van der Waals surface area (Å²) in [6.45, 7) is 0.643. The molecule has 1 aromatic heterocycles. The Morgan fingerprint density at radius 1 is 1.00 bits per heavy atom. The van der Waals surface area contributed by atoms with Crippen LogP contribution in [0.25, 0.3) is 11.3 Å². The van der Waals surface area contributed by atoms with Crippen LogP contribution >= 0.6 is 0 Å². The van der Waals surface area contributed by atoms with Gasteiger partial charge in [0.15, 0.2) is 0 Å². The Labute approximate surface area is 236 Å². The van der Waals surface area contributed by atoms with Crippen molar-refractivity contribution in [3.8, 4) is 11.3 Å². The van der Waals surface area contributed by atoms with E-state index in [1.165, 1.54) is 30.3 Å². The molecule has 0 unspecified atom stereocenters. The molecule has 2 saturated heterocycles. The number of halogens is 2. The molecule has 0 radical (unpaired) electrons. The van der Waals surface area contributed by atoms with Crippen LogP contribution < -0.4 is 0 Å². The predicted molar refractivity (Wildman–Crippen MR) is 146 cm³/mol. The molecule has 210 valence electrons. The van der Waals surface area contributed by atoms with E-state index < -0.39 is 29.3 Å². The second kappa shape index (κ2) is 10.9. The van der Waals surface area contributed by atoms with Crippen molar-refractivity contribution >= 4 is 11.8 Å². The zero-order valence-corrected chi connectivity index (χ0v) is 22.2. The molecule has 6 rings (SSSR count). The molecule has 2 fully saturated rings. The highest BCUT2D eigenvalue weighted by Gasteiger charge is 2.53. The molecule has 3 atom stereocenters. The lowest BCUT2D eigenvalue weighted by Gasteiger charge is -2.51. The zero-order chi connectivity index (χ0) is 28.6. The van der Waals surface area contributed by atoms with Gasteiger partial charge in [0.1, 0.15) is 17.3 Å². The number of rotatable bonds is 5. The molecular formula is C32H29F2N3O4. The molecule has 2 amide bonds. The summed E-state index contributed by atoms with van der Waals surface area (Å²) in [6, 6.07) is 22.0. The van der Waals surface area contributed by atoms with Gasteiger partial charge in [-0.2, -0.15) is 0 Å². The van der Waals surface area contributed by atoms with Gasteiger partial charge in [0.25, 0.3) is 5.91 Å². The van der Waals surface area contributed by atoms with Crippen LogP contribution in [0, 0.1) is 17.0 Å². The summed E-state index contributed by atoms with van der Waals surface area (Å²) >= 11 is 0. The standard InChI is InChI=1S/C32H29F2N3O4/c33-24-12-10-22(11-13-24)26-17-28(41-35-26)30(39)36-15-5-14-32(20-36)18-27(38)29(23-7-2-1-3-8-23)37(31(32)40)19-21-6-4-9-25(34)16-21/h1-4,6-13,16-17,27,29,38H,5,14-15,18-20H2/t27-,29+,32+/m1/s1. The van der Waals surface area contributed by atoms with Crippen molar-refractivity contribution in [1.29, 1.82) is 0 Å². The number of aliphatic hydroxyl groups excluding tert-OH is 1. The normalized spacial score (nSPS) is 22.8. The monoisotopic (exact) mass is 557 g/mol. The number of carbonyl (C=O) groups is 2. The molecule has 1 spiro atoms. The molecule has 0 bridgehead atoms. The van der Waals surface area contributed by atoms with Gasteiger partial charge in [-0.3, -0.25) is 9.59 Å². The Morgan fingerprint density at radius 3 is 2.54 bits per heavy atom. The van der Waals surface area contributed by atoms with Crippen molar-refractivity contribution < 1.29 is 28.0 Å². The van der Waals surface area contributed by atoms with Gasteiger partial charge < -0.3 is 19.4 Å². The van der Waals surface area contributed by atoms with E-state index in [9.17, 15) is 23.5 Å². The maximum absolute atomic E-state index is 14.4. The Morgan fingerprint density at radius 2 is 1.78 bits per heavy atom. The van der Waals surface area contributed by atoms with Crippen LogP contribution in [-0.4, -0.2) is 51.1 Å². The maximum Gasteiger partial charge on any atom is 0.292 e. The molecule has 0 saturated carbocycles. The summed E-state index contributed by atoms with van der Waals surface area (Å²) in [4.78, 5) is 31.1. The van der Waals surface area contributed by atoms with Crippen molar-refractivity contribution in [2.45, 2.75) is 38.0 Å². The van der Waals surface area contributed by atoms with E-state index in [0.29, 0.717) is 36.2 Å². The Bertz CT molecular complexity index is 1560. The highest BCUT2D eigenvalue weighted by molar-refractivity contribution is 5.93. The smallest absolute Gasteiger partial charge is 0.292 e. The molecule has 4 aromatic rings. The third kappa shape index (κ3) is 5.25. The van der Waals surface area contributed by atoms with Gasteiger partial charge in [0.05, 0.1) is 17.6 Å². The highest BCUT2D eigenvalue weighted by Crippen LogP contribution is 2.46. The average molecular weight is 558 g/mol. The first-order chi connectivity index (χ1) is 19.8. The number of amides is 2. The topological polar surface area (TPSA) is 86.9 Å². The average Bonchev–Trinajstić information content (AvgIpc) is 3.47. The van der Waals surface area contributed by atoms with Gasteiger partial charge in [-0.25, -0.2) is 8.78 Å². The number of carbonyl (C=O) groups excluding carboxylic acids is 2. The molecule has 0 aliphatic carbocycles. The predicted octanol–water partition coefficient (Wildman–Crippen LogP) is 5.38. The van der Waals surface area contributed by atoms with Crippen molar-refractivity contribution in [3.05, 3.63) is 113 Å². The molecule has 3 aromatic carbocycles. The number of hydrogen-bond donors (Lipinski definition) is 1. The fraction of sp³-hybridized carbons (Fsp3) is 0.281. The minimum atomic E-state index is -1.01. The maximum atomic E-state index is 14.4. The van der Waals surface area contributed by atoms with Crippen molar-refractivity contribution in [2.24, 2.45) is 5.41 Å². The minimum Gasteiger partial charge on any atom is -0.391 e. The summed E-state index contributed by atoms with van der Waals surface area (Å²) in [7, 11) is 0. The van der Waals surface area contributed by atoms with Gasteiger partial charge in [0.2, 0.25) is 11.7 Å². The van der Waals surface area contributed by atoms with Crippen molar-refractivity contribution in [3.63, 3.8) is 0 Å². The number of nitrogens with zero attached hydrogens (tertiary/aromatic N) is 3. The van der Waals surface area contributed by atoms with Gasteiger partial charge in [0, 0.05) is 31.3 Å². The number of hydrogen-bond acceptors (Lipinski definition) is 5. The van der Waals surface area contributed by atoms with E-state index in [1.54, 1.807) is 34.1 Å². The summed E-state index contributed by atoms with van der Waals surface area (Å²) < 4.78 is 32.8. The quantitative estimate of drug-likeness (QED) is 0.356. The van der Waals surface area contributed by atoms with Gasteiger partial charge in [-0.05, 0) is 66.8 Å². The molecule has 41 heavy (non-hydrogen) atoms. The summed E-state index contributed by atoms with van der Waals surface area (Å²) in [5.74, 6) is -1.35. The van der Waals surface area contributed by atoms with Gasteiger partial charge >= 0.3 is 0 Å². The Hall–Kier alpha value is -4.37.